The largest absolute Gasteiger partial charge is 0.349 e. The molecule has 2 N–H and O–H groups in total. The standard InChI is InChI=1S/C18H27N3O3/c1-3-17(15-5-4-6-16(12-15)21(23)24)20-18(22)11-13(2)14-7-9-19-10-8-14/h4-6,12-14,17,19H,3,7-11H2,1-2H3,(H,20,22). The number of carbonyl (C=O) groups is 1. The molecule has 1 aromatic rings. The summed E-state index contributed by atoms with van der Waals surface area (Å²) in [5, 5.41) is 17.3. The van der Waals surface area contributed by atoms with Gasteiger partial charge in [-0.3, -0.25) is 14.9 Å². The first-order chi connectivity index (χ1) is 11.5. The molecule has 2 unspecified atom stereocenters. The maximum absolute atomic E-state index is 12.4. The van der Waals surface area contributed by atoms with E-state index in [-0.39, 0.29) is 17.6 Å². The highest BCUT2D eigenvalue weighted by Crippen LogP contribution is 2.26. The Hall–Kier alpha value is -1.95. The summed E-state index contributed by atoms with van der Waals surface area (Å²) in [5.41, 5.74) is 0.845. The van der Waals surface area contributed by atoms with Crippen molar-refractivity contribution in [2.45, 2.75) is 45.6 Å². The Morgan fingerprint density at radius 1 is 1.42 bits per heavy atom. The molecule has 0 radical (unpaired) electrons. The molecular weight excluding hydrogens is 306 g/mol. The molecule has 1 fully saturated rings. The summed E-state index contributed by atoms with van der Waals surface area (Å²) in [6.45, 7) is 6.17. The predicted octanol–water partition coefficient (Wildman–Crippen LogP) is 3.19. The summed E-state index contributed by atoms with van der Waals surface area (Å²) in [7, 11) is 0. The fourth-order valence-corrected chi connectivity index (χ4v) is 3.40. The van der Waals surface area contributed by atoms with Crippen molar-refractivity contribution in [1.82, 2.24) is 10.6 Å². The van der Waals surface area contributed by atoms with E-state index in [1.165, 1.54) is 6.07 Å². The topological polar surface area (TPSA) is 84.3 Å². The van der Waals surface area contributed by atoms with E-state index in [0.717, 1.165) is 31.5 Å². The van der Waals surface area contributed by atoms with Crippen LogP contribution in [-0.4, -0.2) is 23.9 Å². The Balaban J connectivity index is 1.95. The summed E-state index contributed by atoms with van der Waals surface area (Å²) >= 11 is 0. The SMILES string of the molecule is CCC(NC(=O)CC(C)C1CCNCC1)c1cccc([N+](=O)[O-])c1. The summed E-state index contributed by atoms with van der Waals surface area (Å²) in [6, 6.07) is 6.33. The molecule has 6 nitrogen and oxygen atoms in total. The van der Waals surface area contributed by atoms with Crippen molar-refractivity contribution >= 4 is 11.6 Å². The highest BCUT2D eigenvalue weighted by atomic mass is 16.6. The third-order valence-electron chi connectivity index (χ3n) is 4.92. The van der Waals surface area contributed by atoms with Crippen LogP contribution in [0.2, 0.25) is 0 Å². The van der Waals surface area contributed by atoms with Crippen LogP contribution in [0, 0.1) is 22.0 Å². The van der Waals surface area contributed by atoms with Gasteiger partial charge in [0.1, 0.15) is 0 Å². The van der Waals surface area contributed by atoms with Gasteiger partial charge in [0.05, 0.1) is 11.0 Å². The number of hydrogen-bond donors (Lipinski definition) is 2. The average molecular weight is 333 g/mol. The zero-order chi connectivity index (χ0) is 17.5. The van der Waals surface area contributed by atoms with Crippen molar-refractivity contribution in [2.75, 3.05) is 13.1 Å². The number of nitro benzene ring substituents is 1. The number of nitrogens with zero attached hydrogens (tertiary/aromatic N) is 1. The van der Waals surface area contributed by atoms with Gasteiger partial charge in [-0.25, -0.2) is 0 Å². The van der Waals surface area contributed by atoms with E-state index in [0.29, 0.717) is 24.7 Å². The molecule has 6 heteroatoms. The number of rotatable bonds is 7. The number of nitrogens with one attached hydrogen (secondary N) is 2. The lowest BCUT2D eigenvalue weighted by Crippen LogP contribution is -2.34. The maximum atomic E-state index is 12.4. The van der Waals surface area contributed by atoms with E-state index >= 15 is 0 Å². The molecule has 0 aromatic heterocycles. The van der Waals surface area contributed by atoms with Gasteiger partial charge in [0.15, 0.2) is 0 Å². The third-order valence-corrected chi connectivity index (χ3v) is 4.92. The highest BCUT2D eigenvalue weighted by Gasteiger charge is 2.23. The zero-order valence-corrected chi connectivity index (χ0v) is 14.5. The normalized spacial score (nSPS) is 17.9. The van der Waals surface area contributed by atoms with Gasteiger partial charge in [-0.15, -0.1) is 0 Å². The van der Waals surface area contributed by atoms with Crippen molar-refractivity contribution in [3.05, 3.63) is 39.9 Å². The van der Waals surface area contributed by atoms with Crippen LogP contribution < -0.4 is 10.6 Å². The molecule has 2 rings (SSSR count). The van der Waals surface area contributed by atoms with E-state index in [4.69, 9.17) is 0 Å². The molecular formula is C18H27N3O3. The molecule has 2 atom stereocenters. The third kappa shape index (κ3) is 5.03. The lowest BCUT2D eigenvalue weighted by molar-refractivity contribution is -0.384. The van der Waals surface area contributed by atoms with Crippen LogP contribution in [0.4, 0.5) is 5.69 Å². The first-order valence-electron chi connectivity index (χ1n) is 8.75. The molecule has 24 heavy (non-hydrogen) atoms. The summed E-state index contributed by atoms with van der Waals surface area (Å²) in [5.74, 6) is 0.976. The zero-order valence-electron chi connectivity index (χ0n) is 14.5. The van der Waals surface area contributed by atoms with Crippen LogP contribution in [0.15, 0.2) is 24.3 Å². The fraction of sp³-hybridized carbons (Fsp3) is 0.611. The van der Waals surface area contributed by atoms with Crippen LogP contribution >= 0.6 is 0 Å². The summed E-state index contributed by atoms with van der Waals surface area (Å²) < 4.78 is 0. The second-order valence-corrected chi connectivity index (χ2v) is 6.65. The Morgan fingerprint density at radius 3 is 2.75 bits per heavy atom. The number of hydrogen-bond acceptors (Lipinski definition) is 4. The molecule has 1 aliphatic heterocycles. The first-order valence-corrected chi connectivity index (χ1v) is 8.75. The van der Waals surface area contributed by atoms with Crippen molar-refractivity contribution < 1.29 is 9.72 Å². The smallest absolute Gasteiger partial charge is 0.269 e. The summed E-state index contributed by atoms with van der Waals surface area (Å²) in [6.07, 6.45) is 3.46. The number of benzene rings is 1. The first kappa shape index (κ1) is 18.4. The van der Waals surface area contributed by atoms with Crippen LogP contribution in [0.25, 0.3) is 0 Å². The minimum absolute atomic E-state index is 0.0272. The molecule has 0 saturated carbocycles. The van der Waals surface area contributed by atoms with Gasteiger partial charge in [0, 0.05) is 18.6 Å². The Labute approximate surface area is 143 Å². The lowest BCUT2D eigenvalue weighted by Gasteiger charge is -2.28. The second-order valence-electron chi connectivity index (χ2n) is 6.65. The number of nitro groups is 1. The molecule has 1 heterocycles. The van der Waals surface area contributed by atoms with Crippen molar-refractivity contribution in [3.63, 3.8) is 0 Å². The highest BCUT2D eigenvalue weighted by molar-refractivity contribution is 5.76. The van der Waals surface area contributed by atoms with Crippen LogP contribution in [0.1, 0.15) is 51.1 Å². The van der Waals surface area contributed by atoms with Gasteiger partial charge in [-0.2, -0.15) is 0 Å². The minimum Gasteiger partial charge on any atom is -0.349 e. The van der Waals surface area contributed by atoms with Gasteiger partial charge in [-0.05, 0) is 49.8 Å². The average Bonchev–Trinajstić information content (AvgIpc) is 2.60. The van der Waals surface area contributed by atoms with Crippen LogP contribution in [0.5, 0.6) is 0 Å². The number of piperidine rings is 1. The number of amides is 1. The molecule has 0 aliphatic carbocycles. The maximum Gasteiger partial charge on any atom is 0.269 e. The monoisotopic (exact) mass is 333 g/mol. The number of non-ortho nitro benzene ring substituents is 1. The van der Waals surface area contributed by atoms with E-state index in [9.17, 15) is 14.9 Å². The fourth-order valence-electron chi connectivity index (χ4n) is 3.40. The lowest BCUT2D eigenvalue weighted by atomic mass is 9.84. The molecule has 1 saturated heterocycles. The second kappa shape index (κ2) is 8.78. The van der Waals surface area contributed by atoms with E-state index in [2.05, 4.69) is 17.6 Å². The van der Waals surface area contributed by atoms with E-state index in [1.54, 1.807) is 12.1 Å². The van der Waals surface area contributed by atoms with Crippen LogP contribution in [0.3, 0.4) is 0 Å². The van der Waals surface area contributed by atoms with Crippen molar-refractivity contribution in [3.8, 4) is 0 Å². The van der Waals surface area contributed by atoms with E-state index in [1.807, 2.05) is 13.0 Å². The Morgan fingerprint density at radius 2 is 2.12 bits per heavy atom. The van der Waals surface area contributed by atoms with Gasteiger partial charge in [-0.1, -0.05) is 26.0 Å². The number of carbonyl (C=O) groups excluding carboxylic acids is 1. The Kier molecular flexibility index (Phi) is 6.73. The molecule has 1 aliphatic rings. The van der Waals surface area contributed by atoms with Gasteiger partial charge >= 0.3 is 0 Å². The van der Waals surface area contributed by atoms with Crippen molar-refractivity contribution in [2.24, 2.45) is 11.8 Å². The van der Waals surface area contributed by atoms with Gasteiger partial charge < -0.3 is 10.6 Å². The molecule has 132 valence electrons. The molecule has 1 amide bonds. The van der Waals surface area contributed by atoms with Crippen molar-refractivity contribution in [1.29, 1.82) is 0 Å². The molecule has 0 spiro atoms. The van der Waals surface area contributed by atoms with E-state index < -0.39 is 4.92 Å². The summed E-state index contributed by atoms with van der Waals surface area (Å²) in [4.78, 5) is 22.9. The molecule has 1 aromatic carbocycles. The predicted molar refractivity (Wildman–Crippen MR) is 93.6 cm³/mol. The van der Waals surface area contributed by atoms with Gasteiger partial charge in [0.25, 0.3) is 5.69 Å². The Bertz CT molecular complexity index is 570. The minimum atomic E-state index is -0.406. The quantitative estimate of drug-likeness (QED) is 0.593. The molecule has 0 bridgehead atoms. The van der Waals surface area contributed by atoms with Gasteiger partial charge in [0.2, 0.25) is 5.91 Å². The van der Waals surface area contributed by atoms with Crippen LogP contribution in [-0.2, 0) is 4.79 Å².